The molecule has 0 aliphatic rings. The maximum atomic E-state index is 5.48. The van der Waals surface area contributed by atoms with Crippen LogP contribution in [0.5, 0.6) is 0 Å². The first-order valence-electron chi connectivity index (χ1n) is 17.6. The van der Waals surface area contributed by atoms with Gasteiger partial charge < -0.3 is 22.9 Å². The molecule has 8 N–H and O–H groups in total. The maximum absolute atomic E-state index is 5.48. The molecule has 0 atom stereocenters. The Hall–Kier alpha value is -0.160. The number of hydrogen-bond acceptors (Lipinski definition) is 4. The van der Waals surface area contributed by atoms with Crippen LogP contribution >= 0.6 is 0 Å². The van der Waals surface area contributed by atoms with Crippen molar-refractivity contribution in [1.29, 1.82) is 0 Å². The fraction of sp³-hybridized carbons (Fsp3) is 1.00. The molecule has 0 saturated carbocycles. The predicted molar refractivity (Wildman–Crippen MR) is 175 cm³/mol. The molecule has 0 aliphatic heterocycles. The summed E-state index contributed by atoms with van der Waals surface area (Å²) < 4.78 is 0. The summed E-state index contributed by atoms with van der Waals surface area (Å²) >= 11 is 0. The third-order valence-electron chi connectivity index (χ3n) is 7.82. The van der Waals surface area contributed by atoms with Crippen LogP contribution in [0, 0.1) is 0 Å². The Labute approximate surface area is 241 Å². The summed E-state index contributed by atoms with van der Waals surface area (Å²) in [6.07, 6.45) is 41.6. The van der Waals surface area contributed by atoms with E-state index < -0.39 is 0 Å². The van der Waals surface area contributed by atoms with Gasteiger partial charge in [-0.05, 0) is 51.9 Å². The molecule has 0 aromatic carbocycles. The fourth-order valence-electron chi connectivity index (χ4n) is 5.17. The number of rotatable bonds is 32. The first kappa shape index (κ1) is 40.0. The molecule has 0 aliphatic carbocycles. The number of hydrogen-bond donors (Lipinski definition) is 4. The van der Waals surface area contributed by atoms with E-state index in [9.17, 15) is 0 Å². The molecule has 4 nitrogen and oxygen atoms in total. The van der Waals surface area contributed by atoms with Crippen LogP contribution < -0.4 is 22.9 Å². The molecule has 0 spiro atoms. The monoisotopic (exact) mass is 541 g/mol. The van der Waals surface area contributed by atoms with Crippen molar-refractivity contribution >= 4 is 0 Å². The van der Waals surface area contributed by atoms with E-state index in [1.54, 1.807) is 0 Å². The largest absolute Gasteiger partial charge is 0.330 e. The van der Waals surface area contributed by atoms with Crippen molar-refractivity contribution < 1.29 is 0 Å². The predicted octanol–water partition coefficient (Wildman–Crippen LogP) is 9.51. The molecule has 0 unspecified atom stereocenters. The van der Waals surface area contributed by atoms with Gasteiger partial charge in [-0.15, -0.1) is 0 Å². The third kappa shape index (κ3) is 42.9. The topological polar surface area (TPSA) is 104 Å². The molecular weight excluding hydrogens is 464 g/mol. The van der Waals surface area contributed by atoms with Crippen molar-refractivity contribution in [3.63, 3.8) is 0 Å². The van der Waals surface area contributed by atoms with Crippen LogP contribution in [0.15, 0.2) is 0 Å². The van der Waals surface area contributed by atoms with Crippen molar-refractivity contribution in [3.8, 4) is 0 Å². The lowest BCUT2D eigenvalue weighted by Gasteiger charge is -2.03. The van der Waals surface area contributed by atoms with Crippen LogP contribution in [0.25, 0.3) is 0 Å². The lowest BCUT2D eigenvalue weighted by atomic mass is 10.0. The van der Waals surface area contributed by atoms with Gasteiger partial charge in [-0.25, -0.2) is 0 Å². The van der Waals surface area contributed by atoms with E-state index in [2.05, 4.69) is 0 Å². The van der Waals surface area contributed by atoms with Gasteiger partial charge in [0, 0.05) is 0 Å². The van der Waals surface area contributed by atoms with Gasteiger partial charge in [0.2, 0.25) is 0 Å². The van der Waals surface area contributed by atoms with E-state index >= 15 is 0 Å². The van der Waals surface area contributed by atoms with E-state index in [1.165, 1.54) is 193 Å². The molecule has 0 aromatic heterocycles. The molecule has 0 amide bonds. The second-order valence-electron chi connectivity index (χ2n) is 11.8. The first-order valence-corrected chi connectivity index (χ1v) is 17.6. The highest BCUT2D eigenvalue weighted by atomic mass is 14.5. The summed E-state index contributed by atoms with van der Waals surface area (Å²) in [6.45, 7) is 3.47. The highest BCUT2D eigenvalue weighted by Gasteiger charge is 1.95. The Morgan fingerprint density at radius 1 is 0.132 bits per heavy atom. The Morgan fingerprint density at radius 2 is 0.211 bits per heavy atom. The molecule has 0 radical (unpaired) electrons. The minimum atomic E-state index is 0.866. The molecule has 0 saturated heterocycles. The lowest BCUT2D eigenvalue weighted by molar-refractivity contribution is 0.529. The van der Waals surface area contributed by atoms with Gasteiger partial charge in [0.1, 0.15) is 0 Å². The Kier molecular flexibility index (Phi) is 43.5. The molecule has 0 fully saturated rings. The van der Waals surface area contributed by atoms with Crippen LogP contribution in [0.4, 0.5) is 0 Å². The SMILES string of the molecule is NCCCCCCCCCCCCCCCCCCN.NCCCCCCCCCCCCCCCCN. The molecule has 38 heavy (non-hydrogen) atoms. The summed E-state index contributed by atoms with van der Waals surface area (Å²) in [7, 11) is 0. The van der Waals surface area contributed by atoms with E-state index in [1.807, 2.05) is 0 Å². The van der Waals surface area contributed by atoms with Gasteiger partial charge in [-0.1, -0.05) is 167 Å². The fourth-order valence-corrected chi connectivity index (χ4v) is 5.17. The molecular formula is C34H76N4. The zero-order valence-electron chi connectivity index (χ0n) is 26.4. The maximum Gasteiger partial charge on any atom is -0.00773 e. The van der Waals surface area contributed by atoms with E-state index in [4.69, 9.17) is 22.9 Å². The Bertz CT molecular complexity index is 330. The molecule has 232 valence electrons. The van der Waals surface area contributed by atoms with Crippen molar-refractivity contribution in [2.45, 2.75) is 193 Å². The standard InChI is InChI=1S/C18H40N2.C16H36N2/c19-17-15-13-11-9-7-5-3-1-2-4-6-8-10-12-14-16-18-20;17-15-13-11-9-7-5-3-1-2-4-6-8-10-12-14-16-18/h1-20H2;1-18H2. The minimum Gasteiger partial charge on any atom is -0.330 e. The Balaban J connectivity index is 0. The average molecular weight is 541 g/mol. The number of nitrogens with two attached hydrogens (primary N) is 4. The van der Waals surface area contributed by atoms with Crippen LogP contribution in [0.2, 0.25) is 0 Å². The second kappa shape index (κ2) is 41.3. The number of unbranched alkanes of at least 4 members (excludes halogenated alkanes) is 28. The average Bonchev–Trinajstić information content (AvgIpc) is 2.93. The van der Waals surface area contributed by atoms with Crippen LogP contribution in [0.1, 0.15) is 193 Å². The molecule has 0 heterocycles. The van der Waals surface area contributed by atoms with Crippen LogP contribution in [0.3, 0.4) is 0 Å². The second-order valence-corrected chi connectivity index (χ2v) is 11.8. The third-order valence-corrected chi connectivity index (χ3v) is 7.82. The molecule has 0 rings (SSSR count). The quantitative estimate of drug-likeness (QED) is 0.0637. The van der Waals surface area contributed by atoms with Crippen LogP contribution in [-0.4, -0.2) is 26.2 Å². The van der Waals surface area contributed by atoms with Gasteiger partial charge >= 0.3 is 0 Å². The summed E-state index contributed by atoms with van der Waals surface area (Å²) in [5.41, 5.74) is 21.9. The highest BCUT2D eigenvalue weighted by molar-refractivity contribution is 4.51. The minimum absolute atomic E-state index is 0.866. The molecule has 4 heteroatoms. The van der Waals surface area contributed by atoms with E-state index in [-0.39, 0.29) is 0 Å². The van der Waals surface area contributed by atoms with E-state index in [0.29, 0.717) is 0 Å². The van der Waals surface area contributed by atoms with Crippen molar-refractivity contribution in [2.24, 2.45) is 22.9 Å². The Morgan fingerprint density at radius 3 is 0.289 bits per heavy atom. The van der Waals surface area contributed by atoms with Crippen LogP contribution in [-0.2, 0) is 0 Å². The summed E-state index contributed by atoms with van der Waals surface area (Å²) in [5.74, 6) is 0. The summed E-state index contributed by atoms with van der Waals surface area (Å²) in [5, 5.41) is 0. The molecule has 0 aromatic rings. The first-order chi connectivity index (χ1) is 18.8. The van der Waals surface area contributed by atoms with Crippen molar-refractivity contribution in [1.82, 2.24) is 0 Å². The van der Waals surface area contributed by atoms with Gasteiger partial charge in [0.25, 0.3) is 0 Å². The van der Waals surface area contributed by atoms with Crippen molar-refractivity contribution in [3.05, 3.63) is 0 Å². The zero-order valence-corrected chi connectivity index (χ0v) is 26.4. The van der Waals surface area contributed by atoms with Gasteiger partial charge in [-0.3, -0.25) is 0 Å². The highest BCUT2D eigenvalue weighted by Crippen LogP contribution is 2.14. The summed E-state index contributed by atoms with van der Waals surface area (Å²) in [6, 6.07) is 0. The summed E-state index contributed by atoms with van der Waals surface area (Å²) in [4.78, 5) is 0. The van der Waals surface area contributed by atoms with E-state index in [0.717, 1.165) is 26.2 Å². The van der Waals surface area contributed by atoms with Gasteiger partial charge in [-0.2, -0.15) is 0 Å². The van der Waals surface area contributed by atoms with Gasteiger partial charge in [0.15, 0.2) is 0 Å². The lowest BCUT2D eigenvalue weighted by Crippen LogP contribution is -1.97. The smallest absolute Gasteiger partial charge is 0.00773 e. The van der Waals surface area contributed by atoms with Crippen molar-refractivity contribution in [2.75, 3.05) is 26.2 Å². The van der Waals surface area contributed by atoms with Gasteiger partial charge in [0.05, 0.1) is 0 Å². The zero-order chi connectivity index (χ0) is 28.0. The molecule has 0 bridgehead atoms. The normalized spacial score (nSPS) is 11.1.